The van der Waals surface area contributed by atoms with Crippen LogP contribution in [0.3, 0.4) is 0 Å². The molecule has 0 fully saturated rings. The first-order valence-corrected chi connectivity index (χ1v) is 6.23. The summed E-state index contributed by atoms with van der Waals surface area (Å²) in [6, 6.07) is 0. The lowest BCUT2D eigenvalue weighted by Crippen LogP contribution is -1.67. The summed E-state index contributed by atoms with van der Waals surface area (Å²) < 4.78 is 0. The predicted molar refractivity (Wildman–Crippen MR) is 70.8 cm³/mol. The highest BCUT2D eigenvalue weighted by Gasteiger charge is 1.77. The van der Waals surface area contributed by atoms with E-state index in [0.29, 0.717) is 0 Å². The fraction of sp³-hybridized carbons (Fsp3) is 0.714. The van der Waals surface area contributed by atoms with Crippen LogP contribution in [0.2, 0.25) is 0 Å². The zero-order chi connectivity index (χ0) is 11.7. The molecule has 0 saturated heterocycles. The summed E-state index contributed by atoms with van der Waals surface area (Å²) in [7, 11) is 0. The van der Waals surface area contributed by atoms with Crippen molar-refractivity contribution in [3.8, 4) is 0 Å². The summed E-state index contributed by atoms with van der Waals surface area (Å²) in [5.74, 6) is 0. The van der Waals surface area contributed by atoms with Crippen LogP contribution in [0.1, 0.15) is 67.2 Å². The fourth-order valence-corrected chi connectivity index (χ4v) is 0.542. The second-order valence-electron chi connectivity index (χ2n) is 2.43. The maximum atomic E-state index is 2.18. The molecule has 0 heterocycles. The molecule has 0 aromatic heterocycles. The molecule has 1 aliphatic carbocycles. The molecule has 0 N–H and O–H groups in total. The number of unbranched alkanes of at least 4 members (excludes halogenated alkanes) is 1. The lowest BCUT2D eigenvalue weighted by atomic mass is 10.2. The van der Waals surface area contributed by atoms with Gasteiger partial charge in [-0.15, -0.1) is 0 Å². The van der Waals surface area contributed by atoms with Gasteiger partial charge in [0.05, 0.1) is 0 Å². The van der Waals surface area contributed by atoms with Crippen molar-refractivity contribution in [2.24, 2.45) is 0 Å². The molecule has 0 aromatic rings. The Morgan fingerprint density at radius 3 is 1.07 bits per heavy atom. The molecule has 0 spiro atoms. The Morgan fingerprint density at radius 1 is 0.714 bits per heavy atom. The summed E-state index contributed by atoms with van der Waals surface area (Å²) >= 11 is 0. The molecule has 0 heteroatoms. The lowest BCUT2D eigenvalue weighted by molar-refractivity contribution is 0.886. The summed E-state index contributed by atoms with van der Waals surface area (Å²) in [4.78, 5) is 0. The lowest BCUT2D eigenvalue weighted by Gasteiger charge is -1.88. The number of hydrogen-bond donors (Lipinski definition) is 0. The number of rotatable bonds is 1. The van der Waals surface area contributed by atoms with Gasteiger partial charge in [-0.25, -0.2) is 0 Å². The van der Waals surface area contributed by atoms with Gasteiger partial charge in [0, 0.05) is 0 Å². The first kappa shape index (κ1) is 19.1. The molecular weight excluding hydrogens is 168 g/mol. The van der Waals surface area contributed by atoms with E-state index in [-0.39, 0.29) is 0 Å². The molecule has 14 heavy (non-hydrogen) atoms. The van der Waals surface area contributed by atoms with Crippen LogP contribution in [0.4, 0.5) is 0 Å². The Balaban J connectivity index is -0.000000134. The van der Waals surface area contributed by atoms with E-state index in [1.807, 2.05) is 27.7 Å². The predicted octanol–water partition coefficient (Wildman–Crippen LogP) is 5.75. The highest BCUT2D eigenvalue weighted by atomic mass is 13.8. The third-order valence-electron chi connectivity index (χ3n) is 1.38. The molecule has 0 nitrogen and oxygen atoms in total. The number of hydrogen-bond acceptors (Lipinski definition) is 0. The normalized spacial score (nSPS) is 11.0. The molecule has 0 aromatic carbocycles. The van der Waals surface area contributed by atoms with Crippen molar-refractivity contribution in [2.75, 3.05) is 0 Å². The summed E-state index contributed by atoms with van der Waals surface area (Å²) in [5.41, 5.74) is 0. The monoisotopic (exact) mass is 198 g/mol. The molecule has 0 atom stereocenters. The quantitative estimate of drug-likeness (QED) is 0.503. The molecule has 0 saturated carbocycles. The second kappa shape index (κ2) is 29.4. The molecule has 0 radical (unpaired) electrons. The highest BCUT2D eigenvalue weighted by Crippen LogP contribution is 1.98. The van der Waals surface area contributed by atoms with Crippen molar-refractivity contribution < 1.29 is 0 Å². The Morgan fingerprint density at radius 2 is 1.00 bits per heavy atom. The molecule has 1 aliphatic rings. The molecule has 0 aliphatic heterocycles. The van der Waals surface area contributed by atoms with Crippen molar-refractivity contribution in [3.05, 3.63) is 24.3 Å². The van der Waals surface area contributed by atoms with Gasteiger partial charge in [0.1, 0.15) is 0 Å². The molecule has 86 valence electrons. The minimum absolute atomic E-state index is 1.23. The topological polar surface area (TPSA) is 0 Å². The Kier molecular flexibility index (Phi) is 40.1. The highest BCUT2D eigenvalue weighted by molar-refractivity contribution is 5.07. The first-order valence-electron chi connectivity index (χ1n) is 6.23. The largest absolute Gasteiger partial charge is 0.0842 e. The van der Waals surface area contributed by atoms with Crippen LogP contribution in [-0.2, 0) is 0 Å². The van der Waals surface area contributed by atoms with Crippen LogP contribution in [0.25, 0.3) is 0 Å². The summed E-state index contributed by atoms with van der Waals surface area (Å²) in [6.07, 6.45) is 13.6. The van der Waals surface area contributed by atoms with Gasteiger partial charge in [-0.05, 0) is 12.8 Å². The van der Waals surface area contributed by atoms with Gasteiger partial charge >= 0.3 is 0 Å². The van der Waals surface area contributed by atoms with Crippen LogP contribution >= 0.6 is 0 Å². The molecule has 1 rings (SSSR count). The Labute approximate surface area is 92.1 Å². The maximum absolute atomic E-state index is 2.18. The third kappa shape index (κ3) is 30.0. The fourth-order valence-electron chi connectivity index (χ4n) is 0.542. The van der Waals surface area contributed by atoms with Gasteiger partial charge in [0.25, 0.3) is 0 Å². The average Bonchev–Trinajstić information content (AvgIpc) is 2.36. The summed E-state index contributed by atoms with van der Waals surface area (Å²) in [6.45, 7) is 12.4. The van der Waals surface area contributed by atoms with Crippen LogP contribution in [0.5, 0.6) is 0 Å². The Hall–Kier alpha value is -0.520. The van der Waals surface area contributed by atoms with Gasteiger partial charge in [0.15, 0.2) is 0 Å². The van der Waals surface area contributed by atoms with Crippen molar-refractivity contribution in [1.29, 1.82) is 0 Å². The van der Waals surface area contributed by atoms with E-state index in [1.54, 1.807) is 0 Å². The summed E-state index contributed by atoms with van der Waals surface area (Å²) in [5, 5.41) is 0. The van der Waals surface area contributed by atoms with Crippen LogP contribution < -0.4 is 0 Å². The zero-order valence-electron chi connectivity index (χ0n) is 11.1. The maximum Gasteiger partial charge on any atom is -0.0313 e. The van der Waals surface area contributed by atoms with E-state index < -0.39 is 0 Å². The zero-order valence-corrected chi connectivity index (χ0v) is 11.1. The second-order valence-corrected chi connectivity index (χ2v) is 2.43. The average molecular weight is 198 g/mol. The molecule has 0 bridgehead atoms. The minimum Gasteiger partial charge on any atom is -0.0842 e. The van der Waals surface area contributed by atoms with Crippen molar-refractivity contribution in [3.63, 3.8) is 0 Å². The number of allylic oxidation sites excluding steroid dienone is 4. The Bertz CT molecular complexity index is 84.6. The molecular formula is C14H30. The van der Waals surface area contributed by atoms with Crippen LogP contribution in [0.15, 0.2) is 24.3 Å². The SMILES string of the molecule is C1=CCCC=C1.CC.CC.CCCC. The standard InChI is InChI=1S/C6H8.C4H10.2C2H6/c1-2-4-6-5-3-1;1-3-4-2;2*1-2/h1-4H,5-6H2;3-4H2,1-2H3;2*1-2H3. The van der Waals surface area contributed by atoms with Crippen molar-refractivity contribution in [1.82, 2.24) is 0 Å². The van der Waals surface area contributed by atoms with Gasteiger partial charge in [-0.1, -0.05) is 78.7 Å². The van der Waals surface area contributed by atoms with E-state index in [1.165, 1.54) is 25.7 Å². The van der Waals surface area contributed by atoms with Gasteiger partial charge < -0.3 is 0 Å². The van der Waals surface area contributed by atoms with E-state index in [2.05, 4.69) is 38.2 Å². The van der Waals surface area contributed by atoms with Gasteiger partial charge in [-0.2, -0.15) is 0 Å². The van der Waals surface area contributed by atoms with E-state index in [9.17, 15) is 0 Å². The smallest absolute Gasteiger partial charge is 0.0313 e. The van der Waals surface area contributed by atoms with Crippen LogP contribution in [-0.4, -0.2) is 0 Å². The molecule has 0 unspecified atom stereocenters. The van der Waals surface area contributed by atoms with Gasteiger partial charge in [0.2, 0.25) is 0 Å². The van der Waals surface area contributed by atoms with E-state index in [0.717, 1.165) is 0 Å². The van der Waals surface area contributed by atoms with Crippen molar-refractivity contribution in [2.45, 2.75) is 67.2 Å². The van der Waals surface area contributed by atoms with E-state index in [4.69, 9.17) is 0 Å². The first-order chi connectivity index (χ1) is 6.91. The molecule has 0 amide bonds. The van der Waals surface area contributed by atoms with Gasteiger partial charge in [-0.3, -0.25) is 0 Å². The minimum atomic E-state index is 1.23. The van der Waals surface area contributed by atoms with E-state index >= 15 is 0 Å². The van der Waals surface area contributed by atoms with Crippen LogP contribution in [0, 0.1) is 0 Å². The third-order valence-corrected chi connectivity index (χ3v) is 1.38. The van der Waals surface area contributed by atoms with Crippen molar-refractivity contribution >= 4 is 0 Å².